The molecule has 0 aliphatic carbocycles. The summed E-state index contributed by atoms with van der Waals surface area (Å²) in [6.07, 6.45) is 0.879. The average molecular weight is 374 g/mol. The molecule has 5 heteroatoms. The number of anilines is 1. The van der Waals surface area contributed by atoms with Crippen molar-refractivity contribution in [2.45, 2.75) is 20.3 Å². The zero-order valence-electron chi connectivity index (χ0n) is 15.9. The highest BCUT2D eigenvalue weighted by Gasteiger charge is 2.15. The summed E-state index contributed by atoms with van der Waals surface area (Å²) in [4.78, 5) is 28.9. The fraction of sp³-hybridized carbons (Fsp3) is 0.174. The van der Waals surface area contributed by atoms with Crippen molar-refractivity contribution in [1.82, 2.24) is 4.98 Å². The van der Waals surface area contributed by atoms with Gasteiger partial charge in [0.1, 0.15) is 0 Å². The van der Waals surface area contributed by atoms with Crippen LogP contribution in [0, 0.1) is 6.92 Å². The van der Waals surface area contributed by atoms with Gasteiger partial charge in [0.05, 0.1) is 17.0 Å². The smallest absolute Gasteiger partial charge is 0.340 e. The molecule has 0 aliphatic heterocycles. The molecular weight excluding hydrogens is 352 g/mol. The maximum absolute atomic E-state index is 12.3. The minimum Gasteiger partial charge on any atom is -0.452 e. The maximum Gasteiger partial charge on any atom is 0.340 e. The van der Waals surface area contributed by atoms with Crippen molar-refractivity contribution in [2.24, 2.45) is 0 Å². The van der Waals surface area contributed by atoms with Gasteiger partial charge in [-0.15, -0.1) is 0 Å². The molecule has 1 aromatic heterocycles. The zero-order chi connectivity index (χ0) is 19.9. The number of rotatable bonds is 6. The van der Waals surface area contributed by atoms with E-state index >= 15 is 0 Å². The lowest BCUT2D eigenvalue weighted by Gasteiger charge is -2.09. The van der Waals surface area contributed by atoms with Gasteiger partial charge >= 0.3 is 5.97 Å². The molecule has 28 heavy (non-hydrogen) atoms. The number of benzene rings is 2. The summed E-state index contributed by atoms with van der Waals surface area (Å²) < 4.78 is 5.15. The number of carbonyl (C=O) groups excluding carboxylic acids is 2. The lowest BCUT2D eigenvalue weighted by Crippen LogP contribution is -2.21. The number of amides is 1. The van der Waals surface area contributed by atoms with Gasteiger partial charge in [-0.05, 0) is 43.2 Å². The monoisotopic (exact) mass is 374 g/mol. The predicted molar refractivity (Wildman–Crippen MR) is 109 cm³/mol. The largest absolute Gasteiger partial charge is 0.452 e. The second kappa shape index (κ2) is 8.95. The molecule has 0 spiro atoms. The number of hydrogen-bond donors (Lipinski definition) is 1. The van der Waals surface area contributed by atoms with Crippen LogP contribution in [0.15, 0.2) is 66.7 Å². The number of carbonyl (C=O) groups is 2. The summed E-state index contributed by atoms with van der Waals surface area (Å²) in [5.41, 5.74) is 4.46. The molecule has 1 heterocycles. The Morgan fingerprint density at radius 2 is 1.79 bits per heavy atom. The summed E-state index contributed by atoms with van der Waals surface area (Å²) in [5, 5.41) is 2.74. The van der Waals surface area contributed by atoms with Crippen molar-refractivity contribution in [3.8, 4) is 11.3 Å². The fourth-order valence-corrected chi connectivity index (χ4v) is 2.82. The topological polar surface area (TPSA) is 68.3 Å². The highest BCUT2D eigenvalue weighted by Crippen LogP contribution is 2.19. The number of nitrogens with zero attached hydrogens (tertiary/aromatic N) is 1. The van der Waals surface area contributed by atoms with Crippen LogP contribution >= 0.6 is 0 Å². The van der Waals surface area contributed by atoms with Gasteiger partial charge < -0.3 is 10.1 Å². The molecule has 0 saturated heterocycles. The third kappa shape index (κ3) is 4.82. The lowest BCUT2D eigenvalue weighted by atomic mass is 10.1. The van der Waals surface area contributed by atoms with E-state index in [1.165, 1.54) is 0 Å². The van der Waals surface area contributed by atoms with Gasteiger partial charge in [-0.25, -0.2) is 4.79 Å². The van der Waals surface area contributed by atoms with Crippen LogP contribution in [0.2, 0.25) is 0 Å². The number of pyridine rings is 1. The van der Waals surface area contributed by atoms with Gasteiger partial charge in [-0.3, -0.25) is 9.78 Å². The van der Waals surface area contributed by atoms with Crippen LogP contribution in [0.4, 0.5) is 5.69 Å². The van der Waals surface area contributed by atoms with Gasteiger partial charge in [0.25, 0.3) is 5.91 Å². The summed E-state index contributed by atoms with van der Waals surface area (Å²) in [6, 6.07) is 20.7. The van der Waals surface area contributed by atoms with E-state index in [2.05, 4.69) is 10.3 Å². The minimum atomic E-state index is -0.568. The number of ether oxygens (including phenoxy) is 1. The molecule has 5 nitrogen and oxygen atoms in total. The second-order valence-electron chi connectivity index (χ2n) is 6.37. The van der Waals surface area contributed by atoms with E-state index in [1.54, 1.807) is 25.1 Å². The van der Waals surface area contributed by atoms with E-state index in [4.69, 9.17) is 4.74 Å². The van der Waals surface area contributed by atoms with Crippen molar-refractivity contribution in [3.63, 3.8) is 0 Å². The van der Waals surface area contributed by atoms with Crippen LogP contribution < -0.4 is 5.32 Å². The quantitative estimate of drug-likeness (QED) is 0.649. The SMILES string of the molecule is CCc1cccc(NC(=O)COC(=O)c2ccc(-c3ccccc3)nc2C)c1. The Bertz CT molecular complexity index is 984. The van der Waals surface area contributed by atoms with E-state index in [9.17, 15) is 9.59 Å². The van der Waals surface area contributed by atoms with Crippen LogP contribution in [0.3, 0.4) is 0 Å². The molecule has 3 rings (SSSR count). The van der Waals surface area contributed by atoms with Gasteiger partial charge in [-0.2, -0.15) is 0 Å². The van der Waals surface area contributed by atoms with Crippen LogP contribution in [0.5, 0.6) is 0 Å². The fourth-order valence-electron chi connectivity index (χ4n) is 2.82. The summed E-state index contributed by atoms with van der Waals surface area (Å²) in [6.45, 7) is 3.44. The van der Waals surface area contributed by atoms with Gasteiger partial charge in [-0.1, -0.05) is 49.4 Å². The van der Waals surface area contributed by atoms with Crippen molar-refractivity contribution in [1.29, 1.82) is 0 Å². The first kappa shape index (κ1) is 19.3. The van der Waals surface area contributed by atoms with E-state index in [0.717, 1.165) is 23.2 Å². The maximum atomic E-state index is 12.3. The third-order valence-corrected chi connectivity index (χ3v) is 4.33. The Balaban J connectivity index is 1.60. The minimum absolute atomic E-state index is 0.348. The van der Waals surface area contributed by atoms with Gasteiger partial charge in [0.15, 0.2) is 6.61 Å². The van der Waals surface area contributed by atoms with E-state index < -0.39 is 5.97 Å². The Labute approximate surface area is 164 Å². The molecule has 0 bridgehead atoms. The van der Waals surface area contributed by atoms with Gasteiger partial charge in [0, 0.05) is 11.3 Å². The molecule has 0 aliphatic rings. The van der Waals surface area contributed by atoms with Gasteiger partial charge in [0.2, 0.25) is 0 Å². The molecule has 0 radical (unpaired) electrons. The first-order chi connectivity index (χ1) is 13.6. The van der Waals surface area contributed by atoms with Crippen LogP contribution in [-0.4, -0.2) is 23.5 Å². The number of aromatic nitrogens is 1. The van der Waals surface area contributed by atoms with Crippen LogP contribution in [-0.2, 0) is 16.0 Å². The van der Waals surface area contributed by atoms with E-state index in [1.807, 2.05) is 55.5 Å². The standard InChI is InChI=1S/C23H22N2O3/c1-3-17-8-7-11-19(14-17)25-22(26)15-28-23(27)20-12-13-21(24-16(20)2)18-9-5-4-6-10-18/h4-14H,3,15H2,1-2H3,(H,25,26). The Morgan fingerprint density at radius 1 is 1.00 bits per heavy atom. The van der Waals surface area contributed by atoms with E-state index in [-0.39, 0.29) is 12.5 Å². The molecule has 3 aromatic rings. The average Bonchev–Trinajstić information content (AvgIpc) is 2.72. The highest BCUT2D eigenvalue weighted by molar-refractivity contribution is 5.96. The predicted octanol–water partition coefficient (Wildman–Crippen LogP) is 4.41. The zero-order valence-corrected chi connectivity index (χ0v) is 15.9. The Hall–Kier alpha value is -3.47. The summed E-state index contributed by atoms with van der Waals surface area (Å²) >= 11 is 0. The molecule has 0 fully saturated rings. The first-order valence-electron chi connectivity index (χ1n) is 9.16. The highest BCUT2D eigenvalue weighted by atomic mass is 16.5. The van der Waals surface area contributed by atoms with Crippen molar-refractivity contribution >= 4 is 17.6 Å². The van der Waals surface area contributed by atoms with Crippen LogP contribution in [0.25, 0.3) is 11.3 Å². The molecule has 1 amide bonds. The van der Waals surface area contributed by atoms with Crippen molar-refractivity contribution < 1.29 is 14.3 Å². The lowest BCUT2D eigenvalue weighted by molar-refractivity contribution is -0.119. The molecule has 0 atom stereocenters. The number of nitrogens with one attached hydrogen (secondary N) is 1. The normalized spacial score (nSPS) is 10.4. The Kier molecular flexibility index (Phi) is 6.17. The summed E-state index contributed by atoms with van der Waals surface area (Å²) in [7, 11) is 0. The molecule has 2 aromatic carbocycles. The van der Waals surface area contributed by atoms with Crippen molar-refractivity contribution in [2.75, 3.05) is 11.9 Å². The molecular formula is C23H22N2O3. The molecule has 0 unspecified atom stereocenters. The Morgan fingerprint density at radius 3 is 2.50 bits per heavy atom. The molecule has 142 valence electrons. The second-order valence-corrected chi connectivity index (χ2v) is 6.37. The third-order valence-electron chi connectivity index (χ3n) is 4.33. The number of hydrogen-bond acceptors (Lipinski definition) is 4. The number of aryl methyl sites for hydroxylation is 2. The first-order valence-corrected chi connectivity index (χ1v) is 9.16. The van der Waals surface area contributed by atoms with Crippen LogP contribution in [0.1, 0.15) is 28.5 Å². The summed E-state index contributed by atoms with van der Waals surface area (Å²) in [5.74, 6) is -0.949. The molecule has 1 N–H and O–H groups in total. The number of esters is 1. The van der Waals surface area contributed by atoms with Crippen molar-refractivity contribution in [3.05, 3.63) is 83.6 Å². The van der Waals surface area contributed by atoms with E-state index in [0.29, 0.717) is 16.9 Å². The molecule has 0 saturated carbocycles.